The molecular weight excluding hydrogens is 278 g/mol. The first-order chi connectivity index (χ1) is 9.61. The third-order valence-corrected chi connectivity index (χ3v) is 3.82. The van der Waals surface area contributed by atoms with Crippen molar-refractivity contribution in [3.8, 4) is 0 Å². The molecule has 0 spiro atoms. The summed E-state index contributed by atoms with van der Waals surface area (Å²) >= 11 is 5.84. The minimum atomic E-state index is -0.758. The molecule has 2 rings (SSSR count). The largest absolute Gasteiger partial charge is 0.465 e. The molecule has 108 valence electrons. The Bertz CT molecular complexity index is 500. The van der Waals surface area contributed by atoms with E-state index in [9.17, 15) is 9.59 Å². The van der Waals surface area contributed by atoms with Gasteiger partial charge in [0, 0.05) is 18.0 Å². The van der Waals surface area contributed by atoms with Gasteiger partial charge in [0.2, 0.25) is 0 Å². The number of hydrogen-bond acceptors (Lipinski definition) is 4. The van der Waals surface area contributed by atoms with Crippen molar-refractivity contribution < 1.29 is 14.3 Å². The van der Waals surface area contributed by atoms with Crippen LogP contribution in [0.5, 0.6) is 0 Å². The highest BCUT2D eigenvalue weighted by Gasteiger charge is 2.36. The van der Waals surface area contributed by atoms with E-state index >= 15 is 0 Å². The molecule has 4 nitrogen and oxygen atoms in total. The number of ketones is 1. The van der Waals surface area contributed by atoms with E-state index in [1.807, 2.05) is 0 Å². The van der Waals surface area contributed by atoms with E-state index in [-0.39, 0.29) is 24.7 Å². The molecular formula is C15H18ClNO3. The highest BCUT2D eigenvalue weighted by molar-refractivity contribution is 6.29. The minimum absolute atomic E-state index is 0.00332. The molecule has 0 radical (unpaired) electrons. The van der Waals surface area contributed by atoms with Crippen molar-refractivity contribution in [1.29, 1.82) is 0 Å². The Morgan fingerprint density at radius 1 is 1.45 bits per heavy atom. The zero-order chi connectivity index (χ0) is 14.5. The molecule has 1 aromatic rings. The molecule has 1 aromatic heterocycles. The Morgan fingerprint density at radius 2 is 2.20 bits per heavy atom. The Labute approximate surface area is 123 Å². The van der Waals surface area contributed by atoms with Gasteiger partial charge in [-0.05, 0) is 31.9 Å². The van der Waals surface area contributed by atoms with Gasteiger partial charge >= 0.3 is 5.97 Å². The molecule has 1 unspecified atom stereocenters. The van der Waals surface area contributed by atoms with Crippen LogP contribution >= 0.6 is 11.6 Å². The van der Waals surface area contributed by atoms with E-state index < -0.39 is 11.9 Å². The number of esters is 1. The lowest BCUT2D eigenvalue weighted by Gasteiger charge is -2.27. The average Bonchev–Trinajstić information content (AvgIpc) is 2.34. The first kappa shape index (κ1) is 15.0. The number of ether oxygens (including phenoxy) is 1. The van der Waals surface area contributed by atoms with Gasteiger partial charge in [-0.15, -0.1) is 0 Å². The molecule has 0 aromatic carbocycles. The monoisotopic (exact) mass is 295 g/mol. The van der Waals surface area contributed by atoms with Gasteiger partial charge in [0.15, 0.2) is 5.78 Å². The standard InChI is InChI=1S/C15H18ClNO3/c1-2-20-15(19)12(14(18)10-5-3-6-10)9-11-7-4-8-13(16)17-11/h4,7-8,10,12H,2-3,5-6,9H2,1H3. The van der Waals surface area contributed by atoms with Crippen LogP contribution in [0.4, 0.5) is 0 Å². The summed E-state index contributed by atoms with van der Waals surface area (Å²) in [6.07, 6.45) is 3.06. The van der Waals surface area contributed by atoms with Crippen LogP contribution in [-0.4, -0.2) is 23.3 Å². The summed E-state index contributed by atoms with van der Waals surface area (Å²) in [4.78, 5) is 28.5. The van der Waals surface area contributed by atoms with E-state index in [1.54, 1.807) is 25.1 Å². The number of rotatable bonds is 6. The Morgan fingerprint density at radius 3 is 2.75 bits per heavy atom. The van der Waals surface area contributed by atoms with Gasteiger partial charge in [-0.1, -0.05) is 24.1 Å². The van der Waals surface area contributed by atoms with E-state index in [1.165, 1.54) is 0 Å². The van der Waals surface area contributed by atoms with E-state index in [0.29, 0.717) is 10.8 Å². The molecule has 0 aliphatic heterocycles. The zero-order valence-electron chi connectivity index (χ0n) is 11.5. The SMILES string of the molecule is CCOC(=O)C(Cc1cccc(Cl)n1)C(=O)C1CCC1. The number of pyridine rings is 1. The maximum Gasteiger partial charge on any atom is 0.316 e. The van der Waals surface area contributed by atoms with Crippen LogP contribution < -0.4 is 0 Å². The van der Waals surface area contributed by atoms with Crippen LogP contribution in [0.15, 0.2) is 18.2 Å². The van der Waals surface area contributed by atoms with Crippen LogP contribution in [0.3, 0.4) is 0 Å². The van der Waals surface area contributed by atoms with Crippen molar-refractivity contribution in [3.63, 3.8) is 0 Å². The quantitative estimate of drug-likeness (QED) is 0.460. The highest BCUT2D eigenvalue weighted by Crippen LogP contribution is 2.31. The molecule has 1 saturated carbocycles. The van der Waals surface area contributed by atoms with Crippen molar-refractivity contribution in [1.82, 2.24) is 4.98 Å². The number of carbonyl (C=O) groups excluding carboxylic acids is 2. The van der Waals surface area contributed by atoms with Gasteiger partial charge in [-0.2, -0.15) is 0 Å². The normalized spacial score (nSPS) is 16.3. The Kier molecular flexibility index (Phi) is 5.12. The first-order valence-electron chi connectivity index (χ1n) is 6.93. The second kappa shape index (κ2) is 6.84. The number of nitrogens with zero attached hydrogens (tertiary/aromatic N) is 1. The molecule has 0 saturated heterocycles. The number of Topliss-reactive ketones (excluding diaryl/α,β-unsaturated/α-hetero) is 1. The lowest BCUT2D eigenvalue weighted by Crippen LogP contribution is -2.36. The fourth-order valence-electron chi connectivity index (χ4n) is 2.29. The van der Waals surface area contributed by atoms with Crippen molar-refractivity contribution in [2.24, 2.45) is 11.8 Å². The fourth-order valence-corrected chi connectivity index (χ4v) is 2.47. The summed E-state index contributed by atoms with van der Waals surface area (Å²) in [5.41, 5.74) is 0.642. The van der Waals surface area contributed by atoms with Crippen molar-refractivity contribution in [2.75, 3.05) is 6.61 Å². The number of aromatic nitrogens is 1. The van der Waals surface area contributed by atoms with Crippen LogP contribution in [0.1, 0.15) is 31.9 Å². The van der Waals surface area contributed by atoms with Gasteiger partial charge in [0.05, 0.1) is 6.61 Å². The van der Waals surface area contributed by atoms with Gasteiger partial charge in [-0.3, -0.25) is 9.59 Å². The highest BCUT2D eigenvalue weighted by atomic mass is 35.5. The van der Waals surface area contributed by atoms with E-state index in [0.717, 1.165) is 19.3 Å². The predicted molar refractivity (Wildman–Crippen MR) is 75.4 cm³/mol. The first-order valence-corrected chi connectivity index (χ1v) is 7.31. The smallest absolute Gasteiger partial charge is 0.316 e. The van der Waals surface area contributed by atoms with Gasteiger partial charge in [-0.25, -0.2) is 4.98 Å². The second-order valence-corrected chi connectivity index (χ2v) is 5.38. The maximum atomic E-state index is 12.4. The van der Waals surface area contributed by atoms with Crippen molar-refractivity contribution >= 4 is 23.4 Å². The van der Waals surface area contributed by atoms with E-state index in [2.05, 4.69) is 4.98 Å². The van der Waals surface area contributed by atoms with Gasteiger partial charge in [0.25, 0.3) is 0 Å². The van der Waals surface area contributed by atoms with Crippen LogP contribution in [0, 0.1) is 11.8 Å². The van der Waals surface area contributed by atoms with Gasteiger partial charge < -0.3 is 4.74 Å². The lowest BCUT2D eigenvalue weighted by molar-refractivity contribution is -0.153. The summed E-state index contributed by atoms with van der Waals surface area (Å²) < 4.78 is 5.03. The summed E-state index contributed by atoms with van der Waals surface area (Å²) in [5, 5.41) is 0.362. The molecule has 5 heteroatoms. The predicted octanol–water partition coefficient (Wildman–Crippen LogP) is 2.83. The maximum absolute atomic E-state index is 12.4. The topological polar surface area (TPSA) is 56.3 Å². The fraction of sp³-hybridized carbons (Fsp3) is 0.533. The summed E-state index contributed by atoms with van der Waals surface area (Å²) in [5.74, 6) is -1.22. The molecule has 0 N–H and O–H groups in total. The van der Waals surface area contributed by atoms with Crippen LogP contribution in [0.25, 0.3) is 0 Å². The van der Waals surface area contributed by atoms with Crippen LogP contribution in [0.2, 0.25) is 5.15 Å². The van der Waals surface area contributed by atoms with Crippen molar-refractivity contribution in [3.05, 3.63) is 29.0 Å². The molecule has 1 heterocycles. The lowest BCUT2D eigenvalue weighted by atomic mass is 9.77. The van der Waals surface area contributed by atoms with Crippen LogP contribution in [-0.2, 0) is 20.7 Å². The molecule has 0 amide bonds. The second-order valence-electron chi connectivity index (χ2n) is 4.99. The minimum Gasteiger partial charge on any atom is -0.465 e. The molecule has 0 bridgehead atoms. The Balaban J connectivity index is 2.13. The Hall–Kier alpha value is -1.42. The molecule has 1 aliphatic carbocycles. The number of halogens is 1. The number of hydrogen-bond donors (Lipinski definition) is 0. The third-order valence-electron chi connectivity index (χ3n) is 3.61. The molecule has 1 fully saturated rings. The summed E-state index contributed by atoms with van der Waals surface area (Å²) in [7, 11) is 0. The summed E-state index contributed by atoms with van der Waals surface area (Å²) in [6.45, 7) is 2.01. The number of carbonyl (C=O) groups is 2. The van der Waals surface area contributed by atoms with Crippen molar-refractivity contribution in [2.45, 2.75) is 32.6 Å². The summed E-state index contributed by atoms with van der Waals surface area (Å²) in [6, 6.07) is 5.20. The average molecular weight is 296 g/mol. The molecule has 20 heavy (non-hydrogen) atoms. The van der Waals surface area contributed by atoms with E-state index in [4.69, 9.17) is 16.3 Å². The zero-order valence-corrected chi connectivity index (χ0v) is 12.2. The third kappa shape index (κ3) is 3.57. The molecule has 1 atom stereocenters. The van der Waals surface area contributed by atoms with Gasteiger partial charge in [0.1, 0.15) is 11.1 Å². The molecule has 1 aliphatic rings.